The molecule has 0 spiro atoms. The highest BCUT2D eigenvalue weighted by molar-refractivity contribution is 6.75. The van der Waals surface area contributed by atoms with E-state index in [1.165, 1.54) is 11.7 Å². The van der Waals surface area contributed by atoms with Crippen LogP contribution in [0.5, 0.6) is 11.5 Å². The molecule has 0 heterocycles. The molecule has 0 saturated carbocycles. The van der Waals surface area contributed by atoms with Crippen molar-refractivity contribution in [2.45, 2.75) is 26.2 Å². The fourth-order valence-corrected chi connectivity index (χ4v) is 5.46. The Morgan fingerprint density at radius 3 is 2.16 bits per heavy atom. The predicted molar refractivity (Wildman–Crippen MR) is 83.6 cm³/mol. The van der Waals surface area contributed by atoms with Gasteiger partial charge in [0.05, 0.1) is 34.5 Å². The Morgan fingerprint density at radius 1 is 1.05 bits per heavy atom. The van der Waals surface area contributed by atoms with Gasteiger partial charge in [-0.3, -0.25) is 0 Å². The van der Waals surface area contributed by atoms with E-state index in [1.807, 2.05) is 12.1 Å². The van der Waals surface area contributed by atoms with Gasteiger partial charge < -0.3 is 14.0 Å². The Morgan fingerprint density at radius 2 is 1.68 bits per heavy atom. The quantitative estimate of drug-likeness (QED) is 0.589. The number of methoxy groups -OCH3 is 2. The summed E-state index contributed by atoms with van der Waals surface area (Å²) in [7, 11) is 6.90. The molecule has 0 fully saturated rings. The molecule has 0 aromatic heterocycles. The zero-order valence-corrected chi connectivity index (χ0v) is 14.4. The molecular weight excluding hydrogens is 254 g/mol. The number of quaternary nitrogens is 1. The van der Waals surface area contributed by atoms with E-state index in [-0.39, 0.29) is 0 Å². The van der Waals surface area contributed by atoms with Gasteiger partial charge >= 0.3 is 0 Å². The minimum Gasteiger partial charge on any atom is -0.497 e. The summed E-state index contributed by atoms with van der Waals surface area (Å²) >= 11 is 0. The molecule has 1 aromatic rings. The van der Waals surface area contributed by atoms with Gasteiger partial charge in [-0.1, -0.05) is 19.6 Å². The monoisotopic (exact) mass is 282 g/mol. The van der Waals surface area contributed by atoms with Crippen LogP contribution in [0.3, 0.4) is 0 Å². The molecule has 1 rings (SSSR count). The number of hydrogen-bond acceptors (Lipinski definition) is 2. The Bertz CT molecular complexity index is 425. The molecular formula is C15H28NO2Si+. The largest absolute Gasteiger partial charge is 0.497 e. The SMILES string of the molecule is COc1ccc(C[N+](C)(C)C[Si](C)(C)C)c(OC)c1. The van der Waals surface area contributed by atoms with Crippen LogP contribution < -0.4 is 9.47 Å². The molecule has 0 amide bonds. The number of benzene rings is 1. The predicted octanol–water partition coefficient (Wildman–Crippen LogP) is 3.16. The summed E-state index contributed by atoms with van der Waals surface area (Å²) in [6, 6.07) is 6.08. The molecule has 19 heavy (non-hydrogen) atoms. The van der Waals surface area contributed by atoms with Crippen LogP contribution >= 0.6 is 0 Å². The second kappa shape index (κ2) is 5.97. The van der Waals surface area contributed by atoms with Crippen molar-refractivity contribution < 1.29 is 14.0 Å². The molecule has 0 radical (unpaired) electrons. The minimum absolute atomic E-state index is 0.844. The van der Waals surface area contributed by atoms with Crippen LogP contribution in [0.2, 0.25) is 19.6 Å². The number of ether oxygens (including phenoxy) is 2. The smallest absolute Gasteiger partial charge is 0.131 e. The highest BCUT2D eigenvalue weighted by Crippen LogP contribution is 2.27. The first kappa shape index (κ1) is 16.1. The molecule has 0 bridgehead atoms. The zero-order valence-electron chi connectivity index (χ0n) is 13.4. The van der Waals surface area contributed by atoms with E-state index < -0.39 is 8.07 Å². The van der Waals surface area contributed by atoms with Crippen LogP contribution in [0.15, 0.2) is 18.2 Å². The zero-order chi connectivity index (χ0) is 14.7. The maximum atomic E-state index is 5.49. The third kappa shape index (κ3) is 5.24. The van der Waals surface area contributed by atoms with E-state index in [9.17, 15) is 0 Å². The van der Waals surface area contributed by atoms with E-state index in [1.54, 1.807) is 14.2 Å². The standard InChI is InChI=1S/C15H28NO2Si/c1-16(2,12-19(5,6)7)11-13-8-9-14(17-3)10-15(13)18-4/h8-10H,11-12H2,1-7H3/q+1. The third-order valence-corrected chi connectivity index (χ3v) is 4.80. The van der Waals surface area contributed by atoms with Crippen molar-refractivity contribution in [1.29, 1.82) is 0 Å². The second-order valence-corrected chi connectivity index (χ2v) is 12.4. The normalized spacial score (nSPS) is 12.4. The van der Waals surface area contributed by atoms with Crippen molar-refractivity contribution >= 4 is 8.07 Å². The minimum atomic E-state index is -1.09. The Kier molecular flexibility index (Phi) is 5.04. The van der Waals surface area contributed by atoms with E-state index in [2.05, 4.69) is 39.8 Å². The van der Waals surface area contributed by atoms with Crippen molar-refractivity contribution in [3.05, 3.63) is 23.8 Å². The number of rotatable bonds is 6. The fourth-order valence-electron chi connectivity index (χ4n) is 2.78. The first-order chi connectivity index (χ1) is 8.67. The summed E-state index contributed by atoms with van der Waals surface area (Å²) in [6.45, 7) is 8.23. The van der Waals surface area contributed by atoms with Gasteiger partial charge in [0, 0.05) is 11.6 Å². The van der Waals surface area contributed by atoms with Crippen LogP contribution in [-0.4, -0.2) is 47.0 Å². The molecule has 0 aliphatic rings. The lowest BCUT2D eigenvalue weighted by molar-refractivity contribution is -0.894. The summed E-state index contributed by atoms with van der Waals surface area (Å²) in [4.78, 5) is 0. The summed E-state index contributed by atoms with van der Waals surface area (Å²) in [5.74, 6) is 1.76. The Balaban J connectivity index is 2.92. The van der Waals surface area contributed by atoms with Gasteiger partial charge in [0.2, 0.25) is 0 Å². The first-order valence-electron chi connectivity index (χ1n) is 6.70. The molecule has 0 N–H and O–H groups in total. The molecule has 0 atom stereocenters. The summed E-state index contributed by atoms with van der Waals surface area (Å²) in [6.07, 6.45) is 1.25. The van der Waals surface area contributed by atoms with Crippen LogP contribution in [0.1, 0.15) is 5.56 Å². The van der Waals surface area contributed by atoms with E-state index >= 15 is 0 Å². The van der Waals surface area contributed by atoms with E-state index in [0.29, 0.717) is 0 Å². The van der Waals surface area contributed by atoms with Crippen LogP contribution in [0, 0.1) is 0 Å². The topological polar surface area (TPSA) is 18.5 Å². The highest BCUT2D eigenvalue weighted by Gasteiger charge is 2.27. The molecule has 0 saturated heterocycles. The lowest BCUT2D eigenvalue weighted by Crippen LogP contribution is -2.49. The van der Waals surface area contributed by atoms with Gasteiger partial charge in [-0.25, -0.2) is 0 Å². The van der Waals surface area contributed by atoms with Gasteiger partial charge in [-0.05, 0) is 12.1 Å². The lowest BCUT2D eigenvalue weighted by Gasteiger charge is -2.35. The maximum Gasteiger partial charge on any atom is 0.131 e. The third-order valence-electron chi connectivity index (χ3n) is 2.99. The Labute approximate surface area is 118 Å². The molecule has 0 unspecified atom stereocenters. The van der Waals surface area contributed by atoms with Crippen molar-refractivity contribution in [3.8, 4) is 11.5 Å². The summed E-state index contributed by atoms with van der Waals surface area (Å²) in [5.41, 5.74) is 1.24. The van der Waals surface area contributed by atoms with Gasteiger partial charge in [0.15, 0.2) is 0 Å². The maximum absolute atomic E-state index is 5.49. The summed E-state index contributed by atoms with van der Waals surface area (Å²) < 4.78 is 11.7. The van der Waals surface area contributed by atoms with Crippen molar-refractivity contribution in [3.63, 3.8) is 0 Å². The molecule has 0 aliphatic carbocycles. The van der Waals surface area contributed by atoms with Crippen molar-refractivity contribution in [2.75, 3.05) is 34.5 Å². The highest BCUT2D eigenvalue weighted by atomic mass is 28.3. The molecule has 0 aliphatic heterocycles. The average Bonchev–Trinajstić information content (AvgIpc) is 2.25. The number of nitrogens with zero attached hydrogens (tertiary/aromatic N) is 1. The van der Waals surface area contributed by atoms with Gasteiger partial charge in [-0.2, -0.15) is 0 Å². The molecule has 3 nitrogen and oxygen atoms in total. The van der Waals surface area contributed by atoms with Crippen molar-refractivity contribution in [1.82, 2.24) is 0 Å². The number of hydrogen-bond donors (Lipinski definition) is 0. The lowest BCUT2D eigenvalue weighted by atomic mass is 10.1. The fraction of sp³-hybridized carbons (Fsp3) is 0.600. The van der Waals surface area contributed by atoms with E-state index in [0.717, 1.165) is 22.5 Å². The van der Waals surface area contributed by atoms with Crippen LogP contribution in [0.4, 0.5) is 0 Å². The van der Waals surface area contributed by atoms with Crippen LogP contribution in [-0.2, 0) is 6.54 Å². The summed E-state index contributed by atoms with van der Waals surface area (Å²) in [5, 5.41) is 0. The van der Waals surface area contributed by atoms with Gasteiger partial charge in [0.1, 0.15) is 26.1 Å². The second-order valence-electron chi connectivity index (χ2n) is 6.99. The van der Waals surface area contributed by atoms with Crippen molar-refractivity contribution in [2.24, 2.45) is 0 Å². The van der Waals surface area contributed by atoms with Crippen LogP contribution in [0.25, 0.3) is 0 Å². The van der Waals surface area contributed by atoms with Gasteiger partial charge in [-0.15, -0.1) is 0 Å². The average molecular weight is 282 g/mol. The van der Waals surface area contributed by atoms with E-state index in [4.69, 9.17) is 9.47 Å². The van der Waals surface area contributed by atoms with Gasteiger partial charge in [0.25, 0.3) is 0 Å². The molecule has 1 aromatic carbocycles. The first-order valence-corrected chi connectivity index (χ1v) is 10.4. The molecule has 4 heteroatoms. The molecule has 108 valence electrons. The Hall–Kier alpha value is -1.00.